The van der Waals surface area contributed by atoms with Gasteiger partial charge >= 0.3 is 12.1 Å². The van der Waals surface area contributed by atoms with Crippen LogP contribution in [0, 0.1) is 0 Å². The average molecular weight is 315 g/mol. The molecule has 0 aromatic heterocycles. The van der Waals surface area contributed by atoms with E-state index in [1.165, 1.54) is 0 Å². The number of carbonyl (C=O) groups is 2. The maximum Gasteiger partial charge on any atom is 0.490 e. The molecule has 5 nitrogen and oxygen atoms in total. The summed E-state index contributed by atoms with van der Waals surface area (Å²) in [5, 5.41) is 7.12. The smallest absolute Gasteiger partial charge is 0.475 e. The minimum atomic E-state index is -5.08. The molecular formula is C11H14ClF3N2O3. The van der Waals surface area contributed by atoms with E-state index < -0.39 is 24.1 Å². The van der Waals surface area contributed by atoms with Crippen molar-refractivity contribution in [2.24, 2.45) is 11.5 Å². The van der Waals surface area contributed by atoms with Gasteiger partial charge in [-0.1, -0.05) is 30.3 Å². The average Bonchev–Trinajstić information content (AvgIpc) is 2.29. The van der Waals surface area contributed by atoms with Gasteiger partial charge < -0.3 is 16.6 Å². The highest BCUT2D eigenvalue weighted by molar-refractivity contribution is 5.85. The monoisotopic (exact) mass is 314 g/mol. The first-order valence-corrected chi connectivity index (χ1v) is 5.03. The highest BCUT2D eigenvalue weighted by Crippen LogP contribution is 2.13. The molecule has 0 aliphatic heterocycles. The second-order valence-electron chi connectivity index (χ2n) is 3.50. The molecule has 5 N–H and O–H groups in total. The van der Waals surface area contributed by atoms with Crippen LogP contribution in [0.25, 0.3) is 0 Å². The standard InChI is InChI=1S/C9H12N2O.C2HF3O2.ClH/c10-8(9(11)12)6-7-4-2-1-3-5-7;3-2(4,5)1(6)7;/h1-5,8H,6,10H2,(H2,11,12);(H,6,7);1H/t8-;;/m0../s1. The first kappa shape index (κ1) is 20.5. The molecule has 1 atom stereocenters. The van der Waals surface area contributed by atoms with E-state index >= 15 is 0 Å². The normalized spacial score (nSPS) is 11.4. The Labute approximate surface area is 119 Å². The zero-order chi connectivity index (χ0) is 15.1. The summed E-state index contributed by atoms with van der Waals surface area (Å²) in [6.07, 6.45) is -4.57. The number of rotatable bonds is 3. The van der Waals surface area contributed by atoms with Crippen LogP contribution in [0.3, 0.4) is 0 Å². The molecule has 0 saturated carbocycles. The third-order valence-corrected chi connectivity index (χ3v) is 1.91. The van der Waals surface area contributed by atoms with Crippen LogP contribution in [0.15, 0.2) is 30.3 Å². The van der Waals surface area contributed by atoms with E-state index in [-0.39, 0.29) is 12.4 Å². The Bertz CT molecular complexity index is 427. The highest BCUT2D eigenvalue weighted by atomic mass is 35.5. The molecule has 1 rings (SSSR count). The van der Waals surface area contributed by atoms with E-state index in [1.807, 2.05) is 30.3 Å². The number of hydrogen-bond donors (Lipinski definition) is 3. The number of carboxylic acids is 1. The molecule has 0 radical (unpaired) electrons. The van der Waals surface area contributed by atoms with Gasteiger partial charge in [-0.05, 0) is 12.0 Å². The third kappa shape index (κ3) is 9.17. The SMILES string of the molecule is Cl.NC(=O)[C@@H](N)Cc1ccccc1.O=C(O)C(F)(F)F. The van der Waals surface area contributed by atoms with Gasteiger partial charge in [0.05, 0.1) is 6.04 Å². The van der Waals surface area contributed by atoms with Gasteiger partial charge in [0.25, 0.3) is 0 Å². The molecule has 0 saturated heterocycles. The van der Waals surface area contributed by atoms with Crippen LogP contribution >= 0.6 is 12.4 Å². The van der Waals surface area contributed by atoms with E-state index in [4.69, 9.17) is 21.4 Å². The summed E-state index contributed by atoms with van der Waals surface area (Å²) >= 11 is 0. The number of alkyl halides is 3. The minimum Gasteiger partial charge on any atom is -0.475 e. The Morgan fingerprint density at radius 1 is 1.20 bits per heavy atom. The fourth-order valence-corrected chi connectivity index (χ4v) is 0.969. The Kier molecular flexibility index (Phi) is 9.40. The number of primary amides is 1. The molecule has 0 aliphatic carbocycles. The van der Waals surface area contributed by atoms with E-state index in [0.717, 1.165) is 5.56 Å². The van der Waals surface area contributed by atoms with Crippen LogP contribution in [0.4, 0.5) is 13.2 Å². The summed E-state index contributed by atoms with van der Waals surface area (Å²) in [7, 11) is 0. The van der Waals surface area contributed by atoms with Crippen molar-refractivity contribution in [3.63, 3.8) is 0 Å². The molecule has 0 heterocycles. The lowest BCUT2D eigenvalue weighted by atomic mass is 10.1. The van der Waals surface area contributed by atoms with E-state index in [9.17, 15) is 18.0 Å². The summed E-state index contributed by atoms with van der Waals surface area (Å²) < 4.78 is 31.7. The van der Waals surface area contributed by atoms with Gasteiger partial charge in [0.15, 0.2) is 0 Å². The fourth-order valence-electron chi connectivity index (χ4n) is 0.969. The fraction of sp³-hybridized carbons (Fsp3) is 0.273. The van der Waals surface area contributed by atoms with Crippen LogP contribution in [-0.2, 0) is 16.0 Å². The zero-order valence-corrected chi connectivity index (χ0v) is 10.9. The molecule has 0 aliphatic rings. The van der Waals surface area contributed by atoms with Crippen molar-refractivity contribution in [2.75, 3.05) is 0 Å². The second-order valence-corrected chi connectivity index (χ2v) is 3.50. The van der Waals surface area contributed by atoms with Gasteiger partial charge in [0.2, 0.25) is 5.91 Å². The van der Waals surface area contributed by atoms with Crippen molar-refractivity contribution in [2.45, 2.75) is 18.6 Å². The first-order chi connectivity index (χ1) is 8.64. The summed E-state index contributed by atoms with van der Waals surface area (Å²) in [6, 6.07) is 8.99. The lowest BCUT2D eigenvalue weighted by Gasteiger charge is -2.06. The van der Waals surface area contributed by atoms with Gasteiger partial charge in [0.1, 0.15) is 0 Å². The third-order valence-electron chi connectivity index (χ3n) is 1.91. The maximum atomic E-state index is 10.6. The predicted octanol–water partition coefficient (Wildman–Crippen LogP) is 1.10. The molecule has 20 heavy (non-hydrogen) atoms. The van der Waals surface area contributed by atoms with Crippen LogP contribution in [0.1, 0.15) is 5.56 Å². The molecule has 114 valence electrons. The molecule has 1 aromatic carbocycles. The summed E-state index contributed by atoms with van der Waals surface area (Å²) in [6.45, 7) is 0. The van der Waals surface area contributed by atoms with Gasteiger partial charge in [-0.3, -0.25) is 4.79 Å². The number of amides is 1. The predicted molar refractivity (Wildman–Crippen MR) is 68.3 cm³/mol. The first-order valence-electron chi connectivity index (χ1n) is 5.03. The Morgan fingerprint density at radius 3 is 1.90 bits per heavy atom. The number of benzene rings is 1. The molecule has 0 spiro atoms. The van der Waals surface area contributed by atoms with Crippen LogP contribution in [0.5, 0.6) is 0 Å². The van der Waals surface area contributed by atoms with Crippen molar-refractivity contribution in [3.8, 4) is 0 Å². The van der Waals surface area contributed by atoms with Crippen LogP contribution in [0.2, 0.25) is 0 Å². The Morgan fingerprint density at radius 2 is 1.60 bits per heavy atom. The van der Waals surface area contributed by atoms with E-state index in [2.05, 4.69) is 0 Å². The number of nitrogens with two attached hydrogens (primary N) is 2. The van der Waals surface area contributed by atoms with Crippen molar-refractivity contribution in [1.29, 1.82) is 0 Å². The molecule has 0 unspecified atom stereocenters. The number of aliphatic carboxylic acids is 1. The summed E-state index contributed by atoms with van der Waals surface area (Å²) in [5.41, 5.74) is 11.5. The minimum absolute atomic E-state index is 0. The molecule has 0 fully saturated rings. The van der Waals surface area contributed by atoms with E-state index in [0.29, 0.717) is 6.42 Å². The summed E-state index contributed by atoms with van der Waals surface area (Å²) in [5.74, 6) is -3.22. The maximum absolute atomic E-state index is 10.6. The molecule has 1 amide bonds. The lowest BCUT2D eigenvalue weighted by molar-refractivity contribution is -0.192. The molecule has 1 aromatic rings. The van der Waals surface area contributed by atoms with E-state index in [1.54, 1.807) is 0 Å². The largest absolute Gasteiger partial charge is 0.490 e. The Balaban J connectivity index is 0. The van der Waals surface area contributed by atoms with Crippen molar-refractivity contribution in [3.05, 3.63) is 35.9 Å². The van der Waals surface area contributed by atoms with Crippen molar-refractivity contribution < 1.29 is 27.9 Å². The quantitative estimate of drug-likeness (QED) is 0.776. The highest BCUT2D eigenvalue weighted by Gasteiger charge is 2.38. The van der Waals surface area contributed by atoms with Gasteiger partial charge in [0, 0.05) is 0 Å². The Hall–Kier alpha value is -1.80. The number of hydrogen-bond acceptors (Lipinski definition) is 3. The molecule has 9 heteroatoms. The number of carbonyl (C=O) groups excluding carboxylic acids is 1. The number of halogens is 4. The topological polar surface area (TPSA) is 106 Å². The van der Waals surface area contributed by atoms with Crippen molar-refractivity contribution in [1.82, 2.24) is 0 Å². The van der Waals surface area contributed by atoms with Crippen LogP contribution < -0.4 is 11.5 Å². The van der Waals surface area contributed by atoms with Gasteiger partial charge in [-0.15, -0.1) is 12.4 Å². The van der Waals surface area contributed by atoms with Gasteiger partial charge in [-0.25, -0.2) is 4.79 Å². The van der Waals surface area contributed by atoms with Gasteiger partial charge in [-0.2, -0.15) is 13.2 Å². The molecule has 0 bridgehead atoms. The summed E-state index contributed by atoms with van der Waals surface area (Å²) in [4.78, 5) is 19.5. The zero-order valence-electron chi connectivity index (χ0n) is 10.1. The van der Waals surface area contributed by atoms with Crippen molar-refractivity contribution >= 4 is 24.3 Å². The second kappa shape index (κ2) is 9.16. The lowest BCUT2D eigenvalue weighted by Crippen LogP contribution is -2.38. The molecular weight excluding hydrogens is 301 g/mol. The number of carboxylic acid groups (broad SMARTS) is 1. The van der Waals surface area contributed by atoms with Crippen LogP contribution in [-0.4, -0.2) is 29.2 Å².